The lowest BCUT2D eigenvalue weighted by Crippen LogP contribution is -2.26. The molecule has 0 spiro atoms. The van der Waals surface area contributed by atoms with Crippen molar-refractivity contribution in [2.75, 3.05) is 18.0 Å². The summed E-state index contributed by atoms with van der Waals surface area (Å²) in [5, 5.41) is 0.245. The van der Waals surface area contributed by atoms with E-state index in [1.807, 2.05) is 0 Å². The van der Waals surface area contributed by atoms with Crippen molar-refractivity contribution >= 4 is 23.7 Å². The molecule has 1 aromatic rings. The molecular formula is C14H20ClN3O. The second-order valence-corrected chi connectivity index (χ2v) is 5.45. The molecule has 1 saturated heterocycles. The SMILES string of the molecule is CCCC1CCCN(c2ncnc(Cl)c2C=O)CC1. The van der Waals surface area contributed by atoms with E-state index in [2.05, 4.69) is 21.8 Å². The van der Waals surface area contributed by atoms with Gasteiger partial charge in [0.15, 0.2) is 6.29 Å². The molecule has 0 amide bonds. The normalized spacial score (nSPS) is 20.1. The summed E-state index contributed by atoms with van der Waals surface area (Å²) in [5.41, 5.74) is 0.415. The molecule has 2 heterocycles. The molecule has 0 aliphatic carbocycles. The smallest absolute Gasteiger partial charge is 0.156 e. The lowest BCUT2D eigenvalue weighted by Gasteiger charge is -2.23. The van der Waals surface area contributed by atoms with Gasteiger partial charge < -0.3 is 4.90 Å². The number of carbonyl (C=O) groups excluding carboxylic acids is 1. The van der Waals surface area contributed by atoms with Gasteiger partial charge in [0, 0.05) is 13.1 Å². The molecule has 0 aromatic carbocycles. The second kappa shape index (κ2) is 6.85. The molecule has 19 heavy (non-hydrogen) atoms. The van der Waals surface area contributed by atoms with Gasteiger partial charge in [-0.2, -0.15) is 0 Å². The number of anilines is 1. The molecule has 1 aliphatic rings. The zero-order valence-electron chi connectivity index (χ0n) is 11.3. The lowest BCUT2D eigenvalue weighted by atomic mass is 9.96. The molecule has 1 atom stereocenters. The van der Waals surface area contributed by atoms with Crippen LogP contribution < -0.4 is 4.90 Å². The van der Waals surface area contributed by atoms with E-state index in [1.54, 1.807) is 0 Å². The molecule has 1 unspecified atom stereocenters. The maximum absolute atomic E-state index is 11.2. The van der Waals surface area contributed by atoms with Crippen LogP contribution in [0.2, 0.25) is 5.15 Å². The monoisotopic (exact) mass is 281 g/mol. The van der Waals surface area contributed by atoms with Crippen molar-refractivity contribution in [2.45, 2.75) is 39.0 Å². The van der Waals surface area contributed by atoms with E-state index in [0.29, 0.717) is 11.4 Å². The zero-order valence-corrected chi connectivity index (χ0v) is 12.1. The van der Waals surface area contributed by atoms with Crippen LogP contribution in [-0.2, 0) is 0 Å². The Morgan fingerprint density at radius 3 is 3.00 bits per heavy atom. The number of rotatable bonds is 4. The minimum atomic E-state index is 0.245. The predicted molar refractivity (Wildman–Crippen MR) is 76.9 cm³/mol. The highest BCUT2D eigenvalue weighted by atomic mass is 35.5. The van der Waals surface area contributed by atoms with Gasteiger partial charge in [-0.05, 0) is 25.2 Å². The summed E-state index contributed by atoms with van der Waals surface area (Å²) < 4.78 is 0. The van der Waals surface area contributed by atoms with Crippen molar-refractivity contribution in [3.63, 3.8) is 0 Å². The fraction of sp³-hybridized carbons (Fsp3) is 0.643. The molecule has 104 valence electrons. The highest BCUT2D eigenvalue weighted by Crippen LogP contribution is 2.27. The molecule has 1 aliphatic heterocycles. The number of aromatic nitrogens is 2. The summed E-state index contributed by atoms with van der Waals surface area (Å²) in [6, 6.07) is 0. The average molecular weight is 282 g/mol. The minimum Gasteiger partial charge on any atom is -0.356 e. The fourth-order valence-electron chi connectivity index (χ4n) is 2.79. The molecule has 5 heteroatoms. The highest BCUT2D eigenvalue weighted by molar-refractivity contribution is 6.32. The Morgan fingerprint density at radius 2 is 2.26 bits per heavy atom. The van der Waals surface area contributed by atoms with Crippen molar-refractivity contribution in [3.05, 3.63) is 17.0 Å². The number of halogens is 1. The van der Waals surface area contributed by atoms with Crippen LogP contribution in [0.5, 0.6) is 0 Å². The molecule has 0 radical (unpaired) electrons. The highest BCUT2D eigenvalue weighted by Gasteiger charge is 2.20. The van der Waals surface area contributed by atoms with Crippen LogP contribution in [0.3, 0.4) is 0 Å². The Hall–Kier alpha value is -1.16. The third kappa shape index (κ3) is 3.44. The first-order chi connectivity index (χ1) is 9.26. The van der Waals surface area contributed by atoms with Gasteiger partial charge in [-0.15, -0.1) is 0 Å². The zero-order chi connectivity index (χ0) is 13.7. The third-order valence-electron chi connectivity index (χ3n) is 3.78. The quantitative estimate of drug-likeness (QED) is 0.627. The molecule has 0 N–H and O–H groups in total. The summed E-state index contributed by atoms with van der Waals surface area (Å²) in [6.07, 6.45) is 8.28. The maximum Gasteiger partial charge on any atom is 0.156 e. The lowest BCUT2D eigenvalue weighted by molar-refractivity contribution is 0.112. The van der Waals surface area contributed by atoms with Crippen molar-refractivity contribution in [1.29, 1.82) is 0 Å². The second-order valence-electron chi connectivity index (χ2n) is 5.09. The molecule has 4 nitrogen and oxygen atoms in total. The summed E-state index contributed by atoms with van der Waals surface area (Å²) in [5.74, 6) is 1.49. The Balaban J connectivity index is 2.14. The fourth-order valence-corrected chi connectivity index (χ4v) is 2.97. The van der Waals surface area contributed by atoms with Gasteiger partial charge in [-0.1, -0.05) is 31.4 Å². The van der Waals surface area contributed by atoms with Gasteiger partial charge >= 0.3 is 0 Å². The maximum atomic E-state index is 11.2. The summed E-state index contributed by atoms with van der Waals surface area (Å²) in [6.45, 7) is 4.12. The Labute approximate surface area is 119 Å². The first-order valence-electron chi connectivity index (χ1n) is 6.96. The van der Waals surface area contributed by atoms with Gasteiger partial charge in [-0.25, -0.2) is 9.97 Å². The van der Waals surface area contributed by atoms with E-state index in [0.717, 1.165) is 38.1 Å². The number of aldehydes is 1. The van der Waals surface area contributed by atoms with Gasteiger partial charge in [0.25, 0.3) is 0 Å². The van der Waals surface area contributed by atoms with E-state index in [1.165, 1.54) is 25.6 Å². The number of hydrogen-bond acceptors (Lipinski definition) is 4. The first-order valence-corrected chi connectivity index (χ1v) is 7.34. The van der Waals surface area contributed by atoms with Crippen LogP contribution in [0.25, 0.3) is 0 Å². The van der Waals surface area contributed by atoms with E-state index >= 15 is 0 Å². The molecule has 1 aromatic heterocycles. The molecule has 1 fully saturated rings. The summed E-state index contributed by atoms with van der Waals surface area (Å²) in [7, 11) is 0. The number of nitrogens with zero attached hydrogens (tertiary/aromatic N) is 3. The van der Waals surface area contributed by atoms with Crippen molar-refractivity contribution in [2.24, 2.45) is 5.92 Å². The van der Waals surface area contributed by atoms with Crippen LogP contribution in [0.1, 0.15) is 49.4 Å². The summed E-state index contributed by atoms with van der Waals surface area (Å²) >= 11 is 5.96. The van der Waals surface area contributed by atoms with Gasteiger partial charge in [0.1, 0.15) is 17.3 Å². The van der Waals surface area contributed by atoms with Crippen LogP contribution >= 0.6 is 11.6 Å². The average Bonchev–Trinajstić information content (AvgIpc) is 2.64. The van der Waals surface area contributed by atoms with Gasteiger partial charge in [0.2, 0.25) is 0 Å². The topological polar surface area (TPSA) is 46.1 Å². The number of hydrogen-bond donors (Lipinski definition) is 0. The standard InChI is InChI=1S/C14H20ClN3O/c1-2-4-11-5-3-7-18(8-6-11)14-12(9-19)13(15)16-10-17-14/h9-11H,2-8H2,1H3. The van der Waals surface area contributed by atoms with Crippen LogP contribution in [0.4, 0.5) is 5.82 Å². The minimum absolute atomic E-state index is 0.245. The molecule has 2 rings (SSSR count). The number of carbonyl (C=O) groups is 1. The van der Waals surface area contributed by atoms with Gasteiger partial charge in [0.05, 0.1) is 5.56 Å². The van der Waals surface area contributed by atoms with Crippen molar-refractivity contribution in [1.82, 2.24) is 9.97 Å². The molecule has 0 bridgehead atoms. The van der Waals surface area contributed by atoms with E-state index in [9.17, 15) is 4.79 Å². The third-order valence-corrected chi connectivity index (χ3v) is 4.08. The Kier molecular flexibility index (Phi) is 5.14. The van der Waals surface area contributed by atoms with E-state index in [-0.39, 0.29) is 5.15 Å². The Morgan fingerprint density at radius 1 is 1.42 bits per heavy atom. The van der Waals surface area contributed by atoms with Crippen LogP contribution in [0.15, 0.2) is 6.33 Å². The Bertz CT molecular complexity index is 439. The van der Waals surface area contributed by atoms with Gasteiger partial charge in [-0.3, -0.25) is 4.79 Å². The van der Waals surface area contributed by atoms with Crippen LogP contribution in [0, 0.1) is 5.92 Å². The molecular weight excluding hydrogens is 262 g/mol. The molecule has 0 saturated carbocycles. The van der Waals surface area contributed by atoms with Crippen LogP contribution in [-0.4, -0.2) is 29.3 Å². The van der Waals surface area contributed by atoms with Crippen molar-refractivity contribution < 1.29 is 4.79 Å². The summed E-state index contributed by atoms with van der Waals surface area (Å²) in [4.78, 5) is 21.4. The first kappa shape index (κ1) is 14.3. The van der Waals surface area contributed by atoms with E-state index in [4.69, 9.17) is 11.6 Å². The van der Waals surface area contributed by atoms with Crippen molar-refractivity contribution in [3.8, 4) is 0 Å². The van der Waals surface area contributed by atoms with E-state index < -0.39 is 0 Å². The predicted octanol–water partition coefficient (Wildman–Crippen LogP) is 3.35. The largest absolute Gasteiger partial charge is 0.356 e.